The van der Waals surface area contributed by atoms with Gasteiger partial charge in [-0.3, -0.25) is 4.79 Å². The zero-order valence-electron chi connectivity index (χ0n) is 17.4. The Labute approximate surface area is 192 Å². The molecule has 0 spiro atoms. The van der Waals surface area contributed by atoms with Crippen molar-refractivity contribution in [3.8, 4) is 0 Å². The predicted octanol–water partition coefficient (Wildman–Crippen LogP) is 3.18. The number of sulfone groups is 1. The number of nitrogens with one attached hydrogen (secondary N) is 1. The fourth-order valence-corrected chi connectivity index (χ4v) is 8.77. The fraction of sp³-hybridized carbons (Fsp3) is 0.429. The number of thioether (sulfide) groups is 1. The van der Waals surface area contributed by atoms with E-state index < -0.39 is 9.84 Å². The number of aryl methyl sites for hydroxylation is 3. The topological polar surface area (TPSA) is 111 Å². The number of thiophene rings is 1. The lowest BCUT2D eigenvalue weighted by atomic mass is 10.2. The Morgan fingerprint density at radius 2 is 2.16 bits per heavy atom. The molecule has 4 aromatic heterocycles. The highest BCUT2D eigenvalue weighted by Gasteiger charge is 2.31. The summed E-state index contributed by atoms with van der Waals surface area (Å²) in [6.45, 7) is 1.79. The lowest BCUT2D eigenvalue weighted by Gasteiger charge is -2.11. The second-order valence-corrected chi connectivity index (χ2v) is 12.8. The van der Waals surface area contributed by atoms with Crippen molar-refractivity contribution < 1.29 is 8.42 Å². The van der Waals surface area contributed by atoms with Crippen molar-refractivity contribution >= 4 is 54.2 Å². The first-order chi connectivity index (χ1) is 15.4. The molecule has 11 heteroatoms. The van der Waals surface area contributed by atoms with Crippen LogP contribution in [0, 0.1) is 6.92 Å². The molecule has 1 fully saturated rings. The lowest BCUT2D eigenvalue weighted by molar-refractivity contribution is 0.509. The Hall–Kier alpha value is -2.24. The number of hydrogen-bond donors (Lipinski definition) is 1. The van der Waals surface area contributed by atoms with E-state index in [1.54, 1.807) is 47.1 Å². The molecule has 32 heavy (non-hydrogen) atoms. The van der Waals surface area contributed by atoms with Crippen LogP contribution in [-0.2, 0) is 28.4 Å². The summed E-state index contributed by atoms with van der Waals surface area (Å²) in [5.41, 5.74) is 3.29. The maximum absolute atomic E-state index is 12.9. The Kier molecular flexibility index (Phi) is 4.71. The summed E-state index contributed by atoms with van der Waals surface area (Å²) in [6, 6.07) is 1.38. The first-order valence-corrected chi connectivity index (χ1v) is 14.2. The summed E-state index contributed by atoms with van der Waals surface area (Å²) in [7, 11) is -3.06. The highest BCUT2D eigenvalue weighted by atomic mass is 32.2. The number of nitrogens with zero attached hydrogens (tertiary/aromatic N) is 4. The van der Waals surface area contributed by atoms with Gasteiger partial charge in [-0.05, 0) is 38.2 Å². The second kappa shape index (κ2) is 7.39. The number of pyridine rings is 1. The van der Waals surface area contributed by atoms with Crippen molar-refractivity contribution in [2.75, 3.05) is 11.5 Å². The number of aromatic amines is 1. The van der Waals surface area contributed by atoms with Crippen LogP contribution in [0.15, 0.2) is 22.2 Å². The van der Waals surface area contributed by atoms with Gasteiger partial charge in [-0.25, -0.2) is 23.1 Å². The van der Waals surface area contributed by atoms with E-state index in [0.29, 0.717) is 28.9 Å². The molecule has 1 aliphatic carbocycles. The van der Waals surface area contributed by atoms with Gasteiger partial charge in [-0.1, -0.05) is 11.8 Å². The third-order valence-corrected chi connectivity index (χ3v) is 10.3. The molecule has 1 atom stereocenters. The Bertz CT molecular complexity index is 1550. The molecule has 0 aromatic carbocycles. The standard InChI is InChI=1S/C21H21N5O3S3/c1-11-17-15(27)7-12(24-19(17)26(25-11)13-5-6-32(28,29)9-13)8-30-20-18-14-3-2-4-16(14)31-21(18)23-10-22-20/h7,10,13H,2-6,8-9H2,1H3,(H,24,27)/t13-/m1/s1. The monoisotopic (exact) mass is 487 g/mol. The number of hydrogen-bond acceptors (Lipinski definition) is 8. The van der Waals surface area contributed by atoms with Crippen LogP contribution < -0.4 is 5.43 Å². The van der Waals surface area contributed by atoms with Crippen molar-refractivity contribution in [2.45, 2.75) is 49.4 Å². The first-order valence-electron chi connectivity index (χ1n) is 10.6. The molecule has 1 N–H and O–H groups in total. The summed E-state index contributed by atoms with van der Waals surface area (Å²) in [4.78, 5) is 27.7. The molecular formula is C21H21N5O3S3. The van der Waals surface area contributed by atoms with E-state index >= 15 is 0 Å². The first kappa shape index (κ1) is 20.4. The van der Waals surface area contributed by atoms with E-state index in [9.17, 15) is 13.2 Å². The van der Waals surface area contributed by atoms with Crippen molar-refractivity contribution in [3.05, 3.63) is 44.4 Å². The molecule has 1 saturated heterocycles. The van der Waals surface area contributed by atoms with Gasteiger partial charge in [-0.15, -0.1) is 11.3 Å². The van der Waals surface area contributed by atoms with Crippen LogP contribution >= 0.6 is 23.1 Å². The molecule has 166 valence electrons. The van der Waals surface area contributed by atoms with Crippen LogP contribution in [0.4, 0.5) is 0 Å². The van der Waals surface area contributed by atoms with Gasteiger partial charge in [-0.2, -0.15) is 5.10 Å². The average Bonchev–Trinajstić information content (AvgIpc) is 3.49. The minimum Gasteiger partial charge on any atom is -0.342 e. The van der Waals surface area contributed by atoms with Crippen molar-refractivity contribution in [1.82, 2.24) is 24.7 Å². The maximum atomic E-state index is 12.9. The van der Waals surface area contributed by atoms with Gasteiger partial charge in [0.1, 0.15) is 21.8 Å². The number of fused-ring (bicyclic) bond motifs is 4. The zero-order valence-corrected chi connectivity index (χ0v) is 19.9. The second-order valence-electron chi connectivity index (χ2n) is 8.47. The van der Waals surface area contributed by atoms with Gasteiger partial charge in [0, 0.05) is 27.8 Å². The zero-order chi connectivity index (χ0) is 22.0. The third-order valence-electron chi connectivity index (χ3n) is 6.30. The minimum absolute atomic E-state index is 0.0619. The average molecular weight is 488 g/mol. The molecule has 0 saturated carbocycles. The van der Waals surface area contributed by atoms with Crippen LogP contribution in [0.25, 0.3) is 21.3 Å². The third kappa shape index (κ3) is 3.29. The Morgan fingerprint density at radius 3 is 2.97 bits per heavy atom. The summed E-state index contributed by atoms with van der Waals surface area (Å²) >= 11 is 3.36. The maximum Gasteiger partial charge on any atom is 0.193 e. The molecule has 8 nitrogen and oxygen atoms in total. The normalized spacial score (nSPS) is 19.8. The number of rotatable bonds is 4. The van der Waals surface area contributed by atoms with Gasteiger partial charge >= 0.3 is 0 Å². The molecule has 6 rings (SSSR count). The minimum atomic E-state index is -3.06. The Morgan fingerprint density at radius 1 is 1.28 bits per heavy atom. The molecule has 5 heterocycles. The summed E-state index contributed by atoms with van der Waals surface area (Å²) in [5.74, 6) is 0.772. The van der Waals surface area contributed by atoms with Crippen molar-refractivity contribution in [3.63, 3.8) is 0 Å². The molecule has 0 bridgehead atoms. The van der Waals surface area contributed by atoms with Crippen molar-refractivity contribution in [1.29, 1.82) is 0 Å². The van der Waals surface area contributed by atoms with E-state index in [2.05, 4.69) is 20.1 Å². The lowest BCUT2D eigenvalue weighted by Crippen LogP contribution is -2.14. The van der Waals surface area contributed by atoms with Crippen LogP contribution in [-0.4, -0.2) is 44.7 Å². The smallest absolute Gasteiger partial charge is 0.193 e. The van der Waals surface area contributed by atoms with Gasteiger partial charge in [0.2, 0.25) is 0 Å². The quantitative estimate of drug-likeness (QED) is 0.348. The number of H-pyrrole nitrogens is 1. The molecule has 0 amide bonds. The van der Waals surface area contributed by atoms with E-state index in [4.69, 9.17) is 0 Å². The molecule has 1 aliphatic heterocycles. The molecule has 0 unspecified atom stereocenters. The highest BCUT2D eigenvalue weighted by Crippen LogP contribution is 2.40. The van der Waals surface area contributed by atoms with Crippen molar-refractivity contribution in [2.24, 2.45) is 0 Å². The predicted molar refractivity (Wildman–Crippen MR) is 126 cm³/mol. The van der Waals surface area contributed by atoms with Crippen LogP contribution in [0.1, 0.15) is 40.7 Å². The summed E-state index contributed by atoms with van der Waals surface area (Å²) in [5, 5.41) is 7.17. The fourth-order valence-electron chi connectivity index (χ4n) is 4.85. The van der Waals surface area contributed by atoms with E-state index in [1.165, 1.54) is 16.9 Å². The Balaban J connectivity index is 1.36. The van der Waals surface area contributed by atoms with E-state index in [1.807, 2.05) is 0 Å². The van der Waals surface area contributed by atoms with E-state index in [-0.39, 0.29) is 23.0 Å². The SMILES string of the molecule is Cc1nn([C@@H]2CCS(=O)(=O)C2)c2[nH]c(CSc3ncnc4sc5c(c34)CCC5)cc(=O)c12. The van der Waals surface area contributed by atoms with Crippen LogP contribution in [0.5, 0.6) is 0 Å². The summed E-state index contributed by atoms with van der Waals surface area (Å²) < 4.78 is 25.7. The van der Waals surface area contributed by atoms with Gasteiger partial charge in [0.15, 0.2) is 15.3 Å². The molecular weight excluding hydrogens is 466 g/mol. The molecule has 0 radical (unpaired) electrons. The van der Waals surface area contributed by atoms with Crippen LogP contribution in [0.3, 0.4) is 0 Å². The van der Waals surface area contributed by atoms with E-state index in [0.717, 1.165) is 33.8 Å². The van der Waals surface area contributed by atoms with Gasteiger partial charge in [0.25, 0.3) is 0 Å². The van der Waals surface area contributed by atoms with Gasteiger partial charge in [0.05, 0.1) is 28.6 Å². The largest absolute Gasteiger partial charge is 0.342 e. The molecule has 2 aliphatic rings. The van der Waals surface area contributed by atoms with Crippen LogP contribution in [0.2, 0.25) is 0 Å². The molecule has 4 aromatic rings. The summed E-state index contributed by atoms with van der Waals surface area (Å²) in [6.07, 6.45) is 5.50. The van der Waals surface area contributed by atoms with Gasteiger partial charge < -0.3 is 4.98 Å². The number of aromatic nitrogens is 5. The highest BCUT2D eigenvalue weighted by molar-refractivity contribution is 7.98.